The number of likely N-dealkylation sites (N-methyl/N-ethyl adjacent to an activating group) is 1. The fraction of sp³-hybridized carbons (Fsp3) is 0.500. The van der Waals surface area contributed by atoms with Crippen molar-refractivity contribution in [3.8, 4) is 0 Å². The number of nitrogens with one attached hydrogen (secondary N) is 1. The first-order valence-corrected chi connectivity index (χ1v) is 7.01. The molecule has 1 aromatic carbocycles. The molecule has 1 unspecified atom stereocenters. The zero-order valence-corrected chi connectivity index (χ0v) is 13.4. The van der Waals surface area contributed by atoms with Gasteiger partial charge in [-0.1, -0.05) is 20.8 Å². The minimum Gasteiger partial charge on any atom is -0.366 e. The second-order valence-corrected chi connectivity index (χ2v) is 6.45. The van der Waals surface area contributed by atoms with E-state index in [1.54, 1.807) is 24.3 Å². The van der Waals surface area contributed by atoms with Gasteiger partial charge in [0.15, 0.2) is 0 Å². The lowest BCUT2D eigenvalue weighted by molar-refractivity contribution is -0.117. The van der Waals surface area contributed by atoms with Crippen LogP contribution in [-0.2, 0) is 4.79 Å². The molecule has 0 saturated carbocycles. The summed E-state index contributed by atoms with van der Waals surface area (Å²) < 4.78 is 0. The van der Waals surface area contributed by atoms with E-state index in [1.807, 2.05) is 11.9 Å². The maximum atomic E-state index is 12.0. The van der Waals surface area contributed by atoms with Crippen molar-refractivity contribution in [2.24, 2.45) is 11.1 Å². The highest BCUT2D eigenvalue weighted by atomic mass is 16.2. The topological polar surface area (TPSA) is 75.4 Å². The van der Waals surface area contributed by atoms with Gasteiger partial charge in [-0.05, 0) is 43.7 Å². The molecule has 5 nitrogen and oxygen atoms in total. The van der Waals surface area contributed by atoms with Gasteiger partial charge in [0, 0.05) is 17.3 Å². The Hall–Kier alpha value is -1.88. The number of rotatable bonds is 5. The van der Waals surface area contributed by atoms with Crippen molar-refractivity contribution in [3.63, 3.8) is 0 Å². The number of hydrogen-bond acceptors (Lipinski definition) is 3. The van der Waals surface area contributed by atoms with Crippen molar-refractivity contribution >= 4 is 17.5 Å². The summed E-state index contributed by atoms with van der Waals surface area (Å²) in [6.45, 7) is 8.86. The van der Waals surface area contributed by atoms with Crippen molar-refractivity contribution in [2.45, 2.75) is 33.7 Å². The van der Waals surface area contributed by atoms with Crippen molar-refractivity contribution in [3.05, 3.63) is 29.8 Å². The van der Waals surface area contributed by atoms with Gasteiger partial charge >= 0.3 is 0 Å². The Morgan fingerprint density at radius 3 is 2.19 bits per heavy atom. The van der Waals surface area contributed by atoms with E-state index in [1.165, 1.54) is 0 Å². The maximum Gasteiger partial charge on any atom is 0.248 e. The zero-order valence-electron chi connectivity index (χ0n) is 13.4. The van der Waals surface area contributed by atoms with Crippen molar-refractivity contribution < 1.29 is 9.59 Å². The number of benzene rings is 1. The first kappa shape index (κ1) is 17.2. The number of amides is 2. The number of nitrogens with two attached hydrogens (primary N) is 1. The zero-order chi connectivity index (χ0) is 16.2. The predicted octanol–water partition coefficient (Wildman–Crippen LogP) is 2.09. The van der Waals surface area contributed by atoms with Crippen LogP contribution in [0.5, 0.6) is 0 Å². The molecule has 0 bridgehead atoms. The van der Waals surface area contributed by atoms with Gasteiger partial charge in [0.1, 0.15) is 0 Å². The van der Waals surface area contributed by atoms with Gasteiger partial charge in [0.25, 0.3) is 0 Å². The number of anilines is 1. The molecule has 0 aliphatic rings. The van der Waals surface area contributed by atoms with Gasteiger partial charge in [0.05, 0.1) is 6.54 Å². The van der Waals surface area contributed by atoms with Crippen LogP contribution < -0.4 is 11.1 Å². The third-order valence-electron chi connectivity index (χ3n) is 3.76. The Morgan fingerprint density at radius 1 is 1.24 bits per heavy atom. The summed E-state index contributed by atoms with van der Waals surface area (Å²) in [4.78, 5) is 25.0. The Morgan fingerprint density at radius 2 is 1.76 bits per heavy atom. The maximum absolute atomic E-state index is 12.0. The molecule has 0 radical (unpaired) electrons. The molecule has 21 heavy (non-hydrogen) atoms. The molecule has 0 aliphatic heterocycles. The van der Waals surface area contributed by atoms with Crippen LogP contribution in [0.1, 0.15) is 38.1 Å². The van der Waals surface area contributed by atoms with E-state index in [0.29, 0.717) is 17.8 Å². The molecule has 0 saturated heterocycles. The van der Waals surface area contributed by atoms with Gasteiger partial charge in [-0.2, -0.15) is 0 Å². The first-order chi connectivity index (χ1) is 9.61. The minimum atomic E-state index is -0.480. The van der Waals surface area contributed by atoms with E-state index in [0.717, 1.165) is 0 Å². The first-order valence-electron chi connectivity index (χ1n) is 7.01. The standard InChI is InChI=1S/C16H25N3O2/c1-11(16(2,3)4)19(5)10-14(20)18-13-8-6-12(7-9-13)15(17)21/h6-9,11H,10H2,1-5H3,(H2,17,21)(H,18,20). The smallest absolute Gasteiger partial charge is 0.248 e. The summed E-state index contributed by atoms with van der Waals surface area (Å²) in [6.07, 6.45) is 0. The lowest BCUT2D eigenvalue weighted by Gasteiger charge is -2.34. The van der Waals surface area contributed by atoms with Crippen LogP contribution in [0.25, 0.3) is 0 Å². The summed E-state index contributed by atoms with van der Waals surface area (Å²) in [5.74, 6) is -0.563. The third-order valence-corrected chi connectivity index (χ3v) is 3.76. The van der Waals surface area contributed by atoms with Crippen molar-refractivity contribution in [2.75, 3.05) is 18.9 Å². The predicted molar refractivity (Wildman–Crippen MR) is 85.1 cm³/mol. The largest absolute Gasteiger partial charge is 0.366 e. The van der Waals surface area contributed by atoms with E-state index in [2.05, 4.69) is 33.0 Å². The van der Waals surface area contributed by atoms with Gasteiger partial charge in [0.2, 0.25) is 11.8 Å². The molecular weight excluding hydrogens is 266 g/mol. The van der Waals surface area contributed by atoms with E-state index in [-0.39, 0.29) is 17.4 Å². The van der Waals surface area contributed by atoms with E-state index in [9.17, 15) is 9.59 Å². The molecule has 1 rings (SSSR count). The lowest BCUT2D eigenvalue weighted by atomic mass is 9.87. The molecule has 1 aromatic rings. The lowest BCUT2D eigenvalue weighted by Crippen LogP contribution is -2.43. The van der Waals surface area contributed by atoms with Crippen LogP contribution in [0.2, 0.25) is 0 Å². The number of nitrogens with zero attached hydrogens (tertiary/aromatic N) is 1. The van der Waals surface area contributed by atoms with Crippen molar-refractivity contribution in [1.29, 1.82) is 0 Å². The second-order valence-electron chi connectivity index (χ2n) is 6.45. The SMILES string of the molecule is CC(N(C)CC(=O)Nc1ccc(C(N)=O)cc1)C(C)(C)C. The second kappa shape index (κ2) is 6.72. The van der Waals surface area contributed by atoms with Gasteiger partial charge in [-0.25, -0.2) is 0 Å². The number of hydrogen-bond donors (Lipinski definition) is 2. The van der Waals surface area contributed by atoms with Gasteiger partial charge < -0.3 is 11.1 Å². The van der Waals surface area contributed by atoms with Gasteiger partial charge in [-0.3, -0.25) is 14.5 Å². The highest BCUT2D eigenvalue weighted by Crippen LogP contribution is 2.22. The Kier molecular flexibility index (Phi) is 5.49. The van der Waals surface area contributed by atoms with Crippen LogP contribution in [0, 0.1) is 5.41 Å². The molecule has 1 atom stereocenters. The average Bonchev–Trinajstić information content (AvgIpc) is 2.37. The molecule has 2 amide bonds. The monoisotopic (exact) mass is 291 g/mol. The summed E-state index contributed by atoms with van der Waals surface area (Å²) in [5.41, 5.74) is 6.36. The Labute approximate surface area is 126 Å². The van der Waals surface area contributed by atoms with Crippen LogP contribution in [0.15, 0.2) is 24.3 Å². The van der Waals surface area contributed by atoms with Crippen LogP contribution in [0.4, 0.5) is 5.69 Å². The Balaban J connectivity index is 2.59. The molecule has 116 valence electrons. The molecule has 0 spiro atoms. The molecule has 5 heteroatoms. The molecule has 3 N–H and O–H groups in total. The third kappa shape index (κ3) is 5.19. The normalized spacial score (nSPS) is 13.0. The summed E-state index contributed by atoms with van der Waals surface area (Å²) in [5, 5.41) is 2.81. The van der Waals surface area contributed by atoms with Crippen LogP contribution >= 0.6 is 0 Å². The molecular formula is C16H25N3O2. The van der Waals surface area contributed by atoms with E-state index in [4.69, 9.17) is 5.73 Å². The Bertz CT molecular complexity index is 503. The number of primary amides is 1. The van der Waals surface area contributed by atoms with E-state index < -0.39 is 5.91 Å². The molecule has 0 aromatic heterocycles. The van der Waals surface area contributed by atoms with E-state index >= 15 is 0 Å². The number of carbonyl (C=O) groups is 2. The molecule has 0 heterocycles. The highest BCUT2D eigenvalue weighted by molar-refractivity contribution is 5.95. The van der Waals surface area contributed by atoms with Crippen LogP contribution in [0.3, 0.4) is 0 Å². The summed E-state index contributed by atoms with van der Waals surface area (Å²) in [6, 6.07) is 6.82. The fourth-order valence-electron chi connectivity index (χ4n) is 1.94. The minimum absolute atomic E-state index is 0.0829. The average molecular weight is 291 g/mol. The quantitative estimate of drug-likeness (QED) is 0.872. The molecule has 0 aliphatic carbocycles. The number of carbonyl (C=O) groups excluding carboxylic acids is 2. The van der Waals surface area contributed by atoms with Crippen molar-refractivity contribution in [1.82, 2.24) is 4.90 Å². The van der Waals surface area contributed by atoms with Gasteiger partial charge in [-0.15, -0.1) is 0 Å². The van der Waals surface area contributed by atoms with Crippen LogP contribution in [-0.4, -0.2) is 36.3 Å². The fourth-order valence-corrected chi connectivity index (χ4v) is 1.94. The summed E-state index contributed by atoms with van der Waals surface area (Å²) >= 11 is 0. The summed E-state index contributed by atoms with van der Waals surface area (Å²) in [7, 11) is 1.94. The molecule has 0 fully saturated rings. The highest BCUT2D eigenvalue weighted by Gasteiger charge is 2.24.